The van der Waals surface area contributed by atoms with Crippen molar-refractivity contribution in [3.63, 3.8) is 0 Å². The molecule has 21 heavy (non-hydrogen) atoms. The average Bonchev–Trinajstić information content (AvgIpc) is 2.30. The van der Waals surface area contributed by atoms with Crippen molar-refractivity contribution in [2.75, 3.05) is 12.0 Å². The number of carbonyl (C=O) groups excluding carboxylic acids is 1. The molecule has 0 saturated heterocycles. The Morgan fingerprint density at radius 2 is 1.86 bits per heavy atom. The lowest BCUT2D eigenvalue weighted by Gasteiger charge is -2.14. The predicted octanol–water partition coefficient (Wildman–Crippen LogP) is -0.746. The standard InChI is InChI=1S/C12H15NO7S/c1-21(19,20)6-11(16)13-8(12(17)18)4-7-2-3-9(14)10(15)5-7/h2-3,5,8,14-15H,4,6H2,1H3,(H,13,16)(H,17,18). The zero-order valence-electron chi connectivity index (χ0n) is 11.1. The summed E-state index contributed by atoms with van der Waals surface area (Å²) in [6, 6.07) is 2.38. The normalized spacial score (nSPS) is 12.6. The molecule has 8 nitrogen and oxygen atoms in total. The van der Waals surface area contributed by atoms with Crippen LogP contribution in [0.5, 0.6) is 11.5 Å². The van der Waals surface area contributed by atoms with Gasteiger partial charge in [-0.05, 0) is 17.7 Å². The van der Waals surface area contributed by atoms with Crippen molar-refractivity contribution in [2.24, 2.45) is 0 Å². The zero-order valence-corrected chi connectivity index (χ0v) is 11.9. The molecule has 1 amide bonds. The third kappa shape index (κ3) is 5.69. The first-order chi connectivity index (χ1) is 9.58. The number of nitrogens with one attached hydrogen (secondary N) is 1. The van der Waals surface area contributed by atoms with E-state index in [1.165, 1.54) is 12.1 Å². The summed E-state index contributed by atoms with van der Waals surface area (Å²) < 4.78 is 21.9. The molecule has 4 N–H and O–H groups in total. The maximum atomic E-state index is 11.4. The molecular formula is C12H15NO7S. The number of amides is 1. The highest BCUT2D eigenvalue weighted by molar-refractivity contribution is 7.91. The molecule has 0 bridgehead atoms. The fourth-order valence-electron chi connectivity index (χ4n) is 1.61. The van der Waals surface area contributed by atoms with Gasteiger partial charge in [-0.3, -0.25) is 4.79 Å². The molecule has 0 saturated carbocycles. The van der Waals surface area contributed by atoms with Crippen LogP contribution in [0, 0.1) is 0 Å². The van der Waals surface area contributed by atoms with Crippen molar-refractivity contribution in [1.82, 2.24) is 5.32 Å². The van der Waals surface area contributed by atoms with Gasteiger partial charge < -0.3 is 20.6 Å². The number of carboxylic acid groups (broad SMARTS) is 1. The van der Waals surface area contributed by atoms with E-state index in [9.17, 15) is 23.1 Å². The van der Waals surface area contributed by atoms with Gasteiger partial charge in [0.25, 0.3) is 0 Å². The number of phenolic OH excluding ortho intramolecular Hbond substituents is 2. The Bertz CT molecular complexity index is 654. The van der Waals surface area contributed by atoms with E-state index in [2.05, 4.69) is 5.32 Å². The van der Waals surface area contributed by atoms with Crippen molar-refractivity contribution in [1.29, 1.82) is 0 Å². The number of carboxylic acids is 1. The topological polar surface area (TPSA) is 141 Å². The highest BCUT2D eigenvalue weighted by atomic mass is 32.2. The number of hydrogen-bond donors (Lipinski definition) is 4. The molecule has 1 aromatic carbocycles. The molecular weight excluding hydrogens is 302 g/mol. The summed E-state index contributed by atoms with van der Waals surface area (Å²) >= 11 is 0. The monoisotopic (exact) mass is 317 g/mol. The van der Waals surface area contributed by atoms with Gasteiger partial charge in [-0.25, -0.2) is 13.2 Å². The first kappa shape index (κ1) is 16.8. The van der Waals surface area contributed by atoms with E-state index in [0.29, 0.717) is 5.56 Å². The van der Waals surface area contributed by atoms with Crippen LogP contribution in [-0.2, 0) is 25.8 Å². The Hall–Kier alpha value is -2.29. The van der Waals surface area contributed by atoms with Gasteiger partial charge in [0.1, 0.15) is 11.8 Å². The lowest BCUT2D eigenvalue weighted by Crippen LogP contribution is -2.44. The summed E-state index contributed by atoms with van der Waals surface area (Å²) in [5.74, 6) is -3.85. The van der Waals surface area contributed by atoms with Crippen molar-refractivity contribution >= 4 is 21.7 Å². The van der Waals surface area contributed by atoms with E-state index in [-0.39, 0.29) is 12.2 Å². The molecule has 0 fully saturated rings. The Balaban J connectivity index is 2.81. The SMILES string of the molecule is CS(=O)(=O)CC(=O)NC(Cc1ccc(O)c(O)c1)C(=O)O. The number of carbonyl (C=O) groups is 2. The molecule has 0 aromatic heterocycles. The highest BCUT2D eigenvalue weighted by Gasteiger charge is 2.22. The van der Waals surface area contributed by atoms with E-state index >= 15 is 0 Å². The van der Waals surface area contributed by atoms with Crippen LogP contribution in [0.15, 0.2) is 18.2 Å². The molecule has 9 heteroatoms. The van der Waals surface area contributed by atoms with Gasteiger partial charge in [-0.1, -0.05) is 6.07 Å². The lowest BCUT2D eigenvalue weighted by atomic mass is 10.1. The number of phenols is 2. The van der Waals surface area contributed by atoms with Gasteiger partial charge in [-0.15, -0.1) is 0 Å². The van der Waals surface area contributed by atoms with Gasteiger partial charge in [0.2, 0.25) is 5.91 Å². The molecule has 1 rings (SSSR count). The first-order valence-electron chi connectivity index (χ1n) is 5.79. The van der Waals surface area contributed by atoms with Gasteiger partial charge in [0.15, 0.2) is 21.3 Å². The third-order valence-electron chi connectivity index (χ3n) is 2.51. The van der Waals surface area contributed by atoms with Crippen molar-refractivity contribution in [2.45, 2.75) is 12.5 Å². The summed E-state index contributed by atoms with van der Waals surface area (Å²) in [5, 5.41) is 29.6. The largest absolute Gasteiger partial charge is 0.504 e. The van der Waals surface area contributed by atoms with E-state index in [1.54, 1.807) is 0 Å². The summed E-state index contributed by atoms with van der Waals surface area (Å²) in [6.07, 6.45) is 0.693. The maximum absolute atomic E-state index is 11.4. The summed E-state index contributed by atoms with van der Waals surface area (Å²) in [5.41, 5.74) is 0.359. The zero-order chi connectivity index (χ0) is 16.2. The van der Waals surface area contributed by atoms with E-state index < -0.39 is 39.3 Å². The van der Waals surface area contributed by atoms with Crippen molar-refractivity contribution in [3.05, 3.63) is 23.8 Å². The fraction of sp³-hybridized carbons (Fsp3) is 0.333. The molecule has 116 valence electrons. The Morgan fingerprint density at radius 1 is 1.24 bits per heavy atom. The Morgan fingerprint density at radius 3 is 2.33 bits per heavy atom. The second-order valence-electron chi connectivity index (χ2n) is 4.56. The Labute approximate surface area is 121 Å². The number of aliphatic carboxylic acids is 1. The van der Waals surface area contributed by atoms with Crippen LogP contribution in [0.4, 0.5) is 0 Å². The van der Waals surface area contributed by atoms with Crippen LogP contribution < -0.4 is 5.32 Å². The van der Waals surface area contributed by atoms with Crippen molar-refractivity contribution in [3.8, 4) is 11.5 Å². The van der Waals surface area contributed by atoms with Gasteiger partial charge >= 0.3 is 5.97 Å². The van der Waals surface area contributed by atoms with Crippen molar-refractivity contribution < 1.29 is 33.3 Å². The third-order valence-corrected chi connectivity index (χ3v) is 3.29. The number of sulfone groups is 1. The van der Waals surface area contributed by atoms with Crippen LogP contribution in [0.1, 0.15) is 5.56 Å². The molecule has 0 radical (unpaired) electrons. The summed E-state index contributed by atoms with van der Waals surface area (Å²) in [6.45, 7) is 0. The molecule has 0 aliphatic carbocycles. The second-order valence-corrected chi connectivity index (χ2v) is 6.70. The predicted molar refractivity (Wildman–Crippen MR) is 72.8 cm³/mol. The first-order valence-corrected chi connectivity index (χ1v) is 7.85. The van der Waals surface area contributed by atoms with Crippen LogP contribution in [0.2, 0.25) is 0 Å². The molecule has 1 atom stereocenters. The summed E-state index contributed by atoms with van der Waals surface area (Å²) in [7, 11) is -3.56. The second kappa shape index (κ2) is 6.44. The molecule has 1 aromatic rings. The number of aromatic hydroxyl groups is 2. The van der Waals surface area contributed by atoms with Crippen LogP contribution in [0.25, 0.3) is 0 Å². The number of rotatable bonds is 6. The van der Waals surface area contributed by atoms with E-state index in [0.717, 1.165) is 12.3 Å². The average molecular weight is 317 g/mol. The summed E-state index contributed by atoms with van der Waals surface area (Å²) in [4.78, 5) is 22.5. The van der Waals surface area contributed by atoms with Gasteiger partial charge in [0.05, 0.1) is 0 Å². The molecule has 0 aliphatic heterocycles. The van der Waals surface area contributed by atoms with Crippen LogP contribution >= 0.6 is 0 Å². The number of hydrogen-bond acceptors (Lipinski definition) is 6. The van der Waals surface area contributed by atoms with Crippen LogP contribution in [-0.4, -0.2) is 53.7 Å². The van der Waals surface area contributed by atoms with Crippen LogP contribution in [0.3, 0.4) is 0 Å². The molecule has 0 aliphatic rings. The lowest BCUT2D eigenvalue weighted by molar-refractivity contribution is -0.141. The number of benzene rings is 1. The Kier molecular flexibility index (Phi) is 5.14. The molecule has 0 heterocycles. The highest BCUT2D eigenvalue weighted by Crippen LogP contribution is 2.25. The maximum Gasteiger partial charge on any atom is 0.326 e. The van der Waals surface area contributed by atoms with E-state index in [4.69, 9.17) is 10.2 Å². The minimum atomic E-state index is -3.56. The minimum Gasteiger partial charge on any atom is -0.504 e. The van der Waals surface area contributed by atoms with E-state index in [1.807, 2.05) is 0 Å². The van der Waals surface area contributed by atoms with Gasteiger partial charge in [0, 0.05) is 12.7 Å². The fourth-order valence-corrected chi connectivity index (χ4v) is 2.17. The molecule has 1 unspecified atom stereocenters. The minimum absolute atomic E-state index is 0.168. The quantitative estimate of drug-likeness (QED) is 0.506. The smallest absolute Gasteiger partial charge is 0.326 e. The van der Waals surface area contributed by atoms with Gasteiger partial charge in [-0.2, -0.15) is 0 Å². The molecule has 0 spiro atoms.